The highest BCUT2D eigenvalue weighted by molar-refractivity contribution is 5.51. The van der Waals surface area contributed by atoms with Crippen LogP contribution in [-0.4, -0.2) is 25.8 Å². The van der Waals surface area contributed by atoms with E-state index in [1.807, 2.05) is 6.92 Å². The minimum Gasteiger partial charge on any atom is -0.364 e. The van der Waals surface area contributed by atoms with Gasteiger partial charge in [0.2, 0.25) is 0 Å². The van der Waals surface area contributed by atoms with Crippen LogP contribution in [0.4, 0.5) is 5.82 Å². The molecule has 0 spiro atoms. The second-order valence-corrected chi connectivity index (χ2v) is 4.67. The van der Waals surface area contributed by atoms with Crippen molar-refractivity contribution in [3.05, 3.63) is 35.5 Å². The van der Waals surface area contributed by atoms with Gasteiger partial charge in [-0.25, -0.2) is 4.98 Å². The summed E-state index contributed by atoms with van der Waals surface area (Å²) >= 11 is 0. The predicted molar refractivity (Wildman–Crippen MR) is 69.4 cm³/mol. The smallest absolute Gasteiger partial charge is 0.144 e. The second-order valence-electron chi connectivity index (χ2n) is 4.67. The molecule has 6 heteroatoms. The van der Waals surface area contributed by atoms with Gasteiger partial charge in [-0.05, 0) is 25.5 Å². The zero-order chi connectivity index (χ0) is 13.2. The lowest BCUT2D eigenvalue weighted by atomic mass is 10.1. The molecule has 2 aromatic rings. The van der Waals surface area contributed by atoms with Crippen molar-refractivity contribution in [2.75, 3.05) is 5.32 Å². The summed E-state index contributed by atoms with van der Waals surface area (Å²) in [6.45, 7) is 2.77. The number of aromatic nitrogens is 4. The van der Waals surface area contributed by atoms with Gasteiger partial charge >= 0.3 is 0 Å². The van der Waals surface area contributed by atoms with Crippen LogP contribution in [0.2, 0.25) is 0 Å². The SMILES string of the molecule is Cc1nnc2n1C[C@H](Nc1ncccc1C#N)CC2. The Hall–Kier alpha value is -2.42. The molecule has 1 aliphatic rings. The van der Waals surface area contributed by atoms with Crippen molar-refractivity contribution < 1.29 is 0 Å². The normalized spacial score (nSPS) is 17.6. The van der Waals surface area contributed by atoms with Crippen molar-refractivity contribution in [2.24, 2.45) is 0 Å². The van der Waals surface area contributed by atoms with Crippen LogP contribution in [-0.2, 0) is 13.0 Å². The zero-order valence-electron chi connectivity index (χ0n) is 10.7. The van der Waals surface area contributed by atoms with Crippen molar-refractivity contribution in [3.8, 4) is 6.07 Å². The molecule has 2 aromatic heterocycles. The van der Waals surface area contributed by atoms with Gasteiger partial charge in [-0.2, -0.15) is 5.26 Å². The number of anilines is 1. The molecule has 0 aromatic carbocycles. The van der Waals surface area contributed by atoms with Crippen LogP contribution >= 0.6 is 0 Å². The largest absolute Gasteiger partial charge is 0.364 e. The Balaban J connectivity index is 1.79. The summed E-state index contributed by atoms with van der Waals surface area (Å²) in [5, 5.41) is 20.6. The molecule has 0 fully saturated rings. The number of rotatable bonds is 2. The Morgan fingerprint density at radius 2 is 2.37 bits per heavy atom. The number of nitrogens with zero attached hydrogens (tertiary/aromatic N) is 5. The van der Waals surface area contributed by atoms with Gasteiger partial charge in [-0.15, -0.1) is 10.2 Å². The highest BCUT2D eigenvalue weighted by Gasteiger charge is 2.22. The minimum atomic E-state index is 0.254. The third-order valence-electron chi connectivity index (χ3n) is 3.40. The summed E-state index contributed by atoms with van der Waals surface area (Å²) < 4.78 is 2.12. The van der Waals surface area contributed by atoms with Crippen LogP contribution < -0.4 is 5.32 Å². The molecule has 0 saturated heterocycles. The van der Waals surface area contributed by atoms with E-state index < -0.39 is 0 Å². The number of fused-ring (bicyclic) bond motifs is 1. The Morgan fingerprint density at radius 3 is 3.21 bits per heavy atom. The Bertz CT molecular complexity index is 639. The maximum absolute atomic E-state index is 9.06. The first-order chi connectivity index (χ1) is 9.28. The Morgan fingerprint density at radius 1 is 1.47 bits per heavy atom. The van der Waals surface area contributed by atoms with Gasteiger partial charge in [0.05, 0.1) is 5.56 Å². The molecule has 19 heavy (non-hydrogen) atoms. The van der Waals surface area contributed by atoms with Gasteiger partial charge in [0.1, 0.15) is 23.5 Å². The van der Waals surface area contributed by atoms with Gasteiger partial charge in [-0.1, -0.05) is 0 Å². The van der Waals surface area contributed by atoms with Crippen LogP contribution in [0.5, 0.6) is 0 Å². The molecule has 1 N–H and O–H groups in total. The molecule has 0 unspecified atom stereocenters. The van der Waals surface area contributed by atoms with Crippen molar-refractivity contribution >= 4 is 5.82 Å². The number of aryl methyl sites for hydroxylation is 2. The van der Waals surface area contributed by atoms with E-state index in [9.17, 15) is 0 Å². The van der Waals surface area contributed by atoms with Crippen LogP contribution in [0.1, 0.15) is 23.6 Å². The first-order valence-corrected chi connectivity index (χ1v) is 6.28. The van der Waals surface area contributed by atoms with Gasteiger partial charge in [0, 0.05) is 25.2 Å². The average Bonchev–Trinajstić information content (AvgIpc) is 2.81. The summed E-state index contributed by atoms with van der Waals surface area (Å²) in [6, 6.07) is 5.95. The molecule has 6 nitrogen and oxygen atoms in total. The van der Waals surface area contributed by atoms with Crippen molar-refractivity contribution in [1.82, 2.24) is 19.7 Å². The van der Waals surface area contributed by atoms with E-state index in [0.717, 1.165) is 31.0 Å². The highest BCUT2D eigenvalue weighted by Crippen LogP contribution is 2.19. The number of nitriles is 1. The van der Waals surface area contributed by atoms with Crippen LogP contribution in [0.3, 0.4) is 0 Å². The van der Waals surface area contributed by atoms with Gasteiger partial charge in [-0.3, -0.25) is 0 Å². The van der Waals surface area contributed by atoms with Crippen LogP contribution in [0.15, 0.2) is 18.3 Å². The lowest BCUT2D eigenvalue weighted by molar-refractivity contribution is 0.469. The van der Waals surface area contributed by atoms with Crippen molar-refractivity contribution in [1.29, 1.82) is 5.26 Å². The fourth-order valence-corrected chi connectivity index (χ4v) is 2.38. The van der Waals surface area contributed by atoms with E-state index in [-0.39, 0.29) is 6.04 Å². The summed E-state index contributed by atoms with van der Waals surface area (Å²) in [5.74, 6) is 2.63. The maximum atomic E-state index is 9.06. The number of hydrogen-bond donors (Lipinski definition) is 1. The molecule has 0 saturated carbocycles. The molecule has 3 rings (SSSR count). The summed E-state index contributed by atoms with van der Waals surface area (Å²) in [4.78, 5) is 4.24. The maximum Gasteiger partial charge on any atom is 0.144 e. The van der Waals surface area contributed by atoms with Crippen LogP contribution in [0.25, 0.3) is 0 Å². The summed E-state index contributed by atoms with van der Waals surface area (Å²) in [5.41, 5.74) is 0.578. The van der Waals surface area contributed by atoms with E-state index in [1.165, 1.54) is 0 Å². The van der Waals surface area contributed by atoms with Gasteiger partial charge in [0.25, 0.3) is 0 Å². The van der Waals surface area contributed by atoms with E-state index in [2.05, 4.69) is 31.1 Å². The average molecular weight is 254 g/mol. The molecule has 1 aliphatic heterocycles. The third-order valence-corrected chi connectivity index (χ3v) is 3.40. The van der Waals surface area contributed by atoms with Crippen molar-refractivity contribution in [3.63, 3.8) is 0 Å². The minimum absolute atomic E-state index is 0.254. The first-order valence-electron chi connectivity index (χ1n) is 6.28. The number of nitrogens with one attached hydrogen (secondary N) is 1. The number of pyridine rings is 1. The van der Waals surface area contributed by atoms with Gasteiger partial charge in [0.15, 0.2) is 0 Å². The molecule has 0 radical (unpaired) electrons. The molecule has 0 amide bonds. The predicted octanol–water partition coefficient (Wildman–Crippen LogP) is 1.28. The van der Waals surface area contributed by atoms with Gasteiger partial charge < -0.3 is 9.88 Å². The summed E-state index contributed by atoms with van der Waals surface area (Å²) in [6.07, 6.45) is 3.56. The topological polar surface area (TPSA) is 79.4 Å². The molecule has 1 atom stereocenters. The fourth-order valence-electron chi connectivity index (χ4n) is 2.38. The van der Waals surface area contributed by atoms with E-state index in [4.69, 9.17) is 5.26 Å². The van der Waals surface area contributed by atoms with E-state index in [1.54, 1.807) is 18.3 Å². The molecular weight excluding hydrogens is 240 g/mol. The monoisotopic (exact) mass is 254 g/mol. The number of hydrogen-bond acceptors (Lipinski definition) is 5. The molecule has 96 valence electrons. The van der Waals surface area contributed by atoms with Crippen LogP contribution in [0, 0.1) is 18.3 Å². The van der Waals surface area contributed by atoms with E-state index in [0.29, 0.717) is 11.4 Å². The lowest BCUT2D eigenvalue weighted by Crippen LogP contribution is -2.32. The highest BCUT2D eigenvalue weighted by atomic mass is 15.3. The first kappa shape index (κ1) is 11.7. The van der Waals surface area contributed by atoms with E-state index >= 15 is 0 Å². The standard InChI is InChI=1S/C13H14N6/c1-9-17-18-12-5-4-11(8-19(9)12)16-13-10(7-14)3-2-6-15-13/h2-3,6,11H,4-5,8H2,1H3,(H,15,16)/t11-/m1/s1. The fraction of sp³-hybridized carbons (Fsp3) is 0.385. The Labute approximate surface area is 111 Å². The van der Waals surface area contributed by atoms with Crippen molar-refractivity contribution in [2.45, 2.75) is 32.4 Å². The molecule has 0 aliphatic carbocycles. The third kappa shape index (κ3) is 2.15. The summed E-state index contributed by atoms with van der Waals surface area (Å²) in [7, 11) is 0. The molecule has 0 bridgehead atoms. The quantitative estimate of drug-likeness (QED) is 0.873. The molecular formula is C13H14N6. The Kier molecular flexibility index (Phi) is 2.88. The molecule has 3 heterocycles. The zero-order valence-corrected chi connectivity index (χ0v) is 10.7. The second kappa shape index (κ2) is 4.69. The lowest BCUT2D eigenvalue weighted by Gasteiger charge is -2.25.